The monoisotopic (exact) mass is 404 g/mol. The van der Waals surface area contributed by atoms with Crippen molar-refractivity contribution in [3.05, 3.63) is 78.4 Å². The zero-order valence-electron chi connectivity index (χ0n) is 17.6. The molecule has 6 nitrogen and oxygen atoms in total. The van der Waals surface area contributed by atoms with Crippen molar-refractivity contribution in [1.29, 1.82) is 0 Å². The van der Waals surface area contributed by atoms with E-state index in [0.29, 0.717) is 18.1 Å². The largest absolute Gasteiger partial charge is 0.459 e. The summed E-state index contributed by atoms with van der Waals surface area (Å²) in [6.45, 7) is 8.71. The molecule has 30 heavy (non-hydrogen) atoms. The van der Waals surface area contributed by atoms with Gasteiger partial charge < -0.3 is 9.32 Å². The molecule has 1 unspecified atom stereocenters. The molecule has 1 atom stereocenters. The molecule has 0 bridgehead atoms. The summed E-state index contributed by atoms with van der Waals surface area (Å²) in [6, 6.07) is 18.0. The van der Waals surface area contributed by atoms with Gasteiger partial charge >= 0.3 is 0 Å². The number of benzene rings is 1. The molecule has 0 N–H and O–H groups in total. The van der Waals surface area contributed by atoms with Gasteiger partial charge in [-0.2, -0.15) is 0 Å². The van der Waals surface area contributed by atoms with E-state index in [1.54, 1.807) is 23.2 Å². The molecule has 3 aromatic rings. The highest BCUT2D eigenvalue weighted by Crippen LogP contribution is 2.20. The summed E-state index contributed by atoms with van der Waals surface area (Å²) in [4.78, 5) is 24.0. The van der Waals surface area contributed by atoms with Crippen LogP contribution in [-0.2, 0) is 0 Å². The van der Waals surface area contributed by atoms with Gasteiger partial charge in [0.1, 0.15) is 5.82 Å². The highest BCUT2D eigenvalue weighted by atomic mass is 16.3. The van der Waals surface area contributed by atoms with Crippen LogP contribution in [0.15, 0.2) is 71.5 Å². The number of carbonyl (C=O) groups excluding carboxylic acids is 1. The summed E-state index contributed by atoms with van der Waals surface area (Å²) in [6.07, 6.45) is 3.24. The number of piperazine rings is 1. The molecule has 1 amide bonds. The van der Waals surface area contributed by atoms with E-state index in [2.05, 4.69) is 52.9 Å². The van der Waals surface area contributed by atoms with Crippen molar-refractivity contribution in [2.45, 2.75) is 19.9 Å². The van der Waals surface area contributed by atoms with Crippen LogP contribution in [0.4, 0.5) is 11.5 Å². The lowest BCUT2D eigenvalue weighted by Crippen LogP contribution is -2.53. The fourth-order valence-electron chi connectivity index (χ4n) is 3.88. The van der Waals surface area contributed by atoms with Crippen LogP contribution >= 0.6 is 0 Å². The Bertz CT molecular complexity index is 933. The van der Waals surface area contributed by atoms with Gasteiger partial charge in [0, 0.05) is 50.6 Å². The van der Waals surface area contributed by atoms with E-state index in [1.165, 1.54) is 17.5 Å². The van der Waals surface area contributed by atoms with Crippen LogP contribution in [0, 0.1) is 6.92 Å². The molecule has 0 radical (unpaired) electrons. The number of aryl methyl sites for hydroxylation is 1. The van der Waals surface area contributed by atoms with Crippen LogP contribution in [0.5, 0.6) is 0 Å². The Morgan fingerprint density at radius 1 is 1.07 bits per heavy atom. The third-order valence-electron chi connectivity index (χ3n) is 5.69. The molecule has 1 saturated heterocycles. The van der Waals surface area contributed by atoms with Crippen LogP contribution in [-0.4, -0.2) is 54.6 Å². The smallest absolute Gasteiger partial charge is 0.295 e. The van der Waals surface area contributed by atoms with Crippen molar-refractivity contribution in [3.63, 3.8) is 0 Å². The molecule has 156 valence electrons. The highest BCUT2D eigenvalue weighted by Gasteiger charge is 2.27. The van der Waals surface area contributed by atoms with Crippen LogP contribution < -0.4 is 9.80 Å². The highest BCUT2D eigenvalue weighted by molar-refractivity contribution is 6.03. The zero-order valence-corrected chi connectivity index (χ0v) is 17.6. The minimum absolute atomic E-state index is 0.163. The third-order valence-corrected chi connectivity index (χ3v) is 5.69. The Morgan fingerprint density at radius 2 is 1.83 bits per heavy atom. The van der Waals surface area contributed by atoms with Gasteiger partial charge in [-0.3, -0.25) is 14.6 Å². The maximum atomic E-state index is 13.1. The standard InChI is InChI=1S/C24H28N4O2/c1-19-8-10-21(11-9-19)27-15-13-26(14-16-27)20(2)18-28(23-7-3-4-12-25-23)24(29)22-6-5-17-30-22/h3-12,17,20H,13-16,18H2,1-2H3. The Kier molecular flexibility index (Phi) is 6.14. The second-order valence-corrected chi connectivity index (χ2v) is 7.79. The first-order valence-electron chi connectivity index (χ1n) is 10.4. The Morgan fingerprint density at radius 3 is 2.47 bits per heavy atom. The summed E-state index contributed by atoms with van der Waals surface area (Å²) in [7, 11) is 0. The molecule has 0 aliphatic carbocycles. The number of hydrogen-bond acceptors (Lipinski definition) is 5. The fraction of sp³-hybridized carbons (Fsp3) is 0.333. The number of carbonyl (C=O) groups is 1. The minimum Gasteiger partial charge on any atom is -0.459 e. The quantitative estimate of drug-likeness (QED) is 0.625. The predicted molar refractivity (Wildman–Crippen MR) is 119 cm³/mol. The fourth-order valence-corrected chi connectivity index (χ4v) is 3.88. The number of nitrogens with zero attached hydrogens (tertiary/aromatic N) is 4. The van der Waals surface area contributed by atoms with Crippen molar-refractivity contribution in [1.82, 2.24) is 9.88 Å². The van der Waals surface area contributed by atoms with E-state index in [4.69, 9.17) is 4.42 Å². The van der Waals surface area contributed by atoms with Gasteiger partial charge in [0.25, 0.3) is 5.91 Å². The van der Waals surface area contributed by atoms with E-state index in [-0.39, 0.29) is 11.9 Å². The van der Waals surface area contributed by atoms with E-state index in [1.807, 2.05) is 18.2 Å². The van der Waals surface area contributed by atoms with Crippen molar-refractivity contribution >= 4 is 17.4 Å². The number of pyridine rings is 1. The van der Waals surface area contributed by atoms with Crippen LogP contribution in [0.2, 0.25) is 0 Å². The van der Waals surface area contributed by atoms with E-state index in [9.17, 15) is 4.79 Å². The first-order chi connectivity index (χ1) is 14.6. The molecule has 1 aliphatic heterocycles. The first-order valence-corrected chi connectivity index (χ1v) is 10.4. The molecule has 1 aromatic carbocycles. The Labute approximate surface area is 177 Å². The lowest BCUT2D eigenvalue weighted by molar-refractivity contribution is 0.0946. The minimum atomic E-state index is -0.163. The normalized spacial score (nSPS) is 15.7. The number of rotatable bonds is 6. The van der Waals surface area contributed by atoms with Crippen molar-refractivity contribution in [2.24, 2.45) is 0 Å². The van der Waals surface area contributed by atoms with E-state index < -0.39 is 0 Å². The van der Waals surface area contributed by atoms with E-state index >= 15 is 0 Å². The molecule has 4 rings (SSSR count). The molecule has 0 spiro atoms. The molecular weight excluding hydrogens is 376 g/mol. The van der Waals surface area contributed by atoms with Crippen LogP contribution in [0.1, 0.15) is 23.0 Å². The third kappa shape index (κ3) is 4.54. The van der Waals surface area contributed by atoms with Gasteiger partial charge in [0.05, 0.1) is 6.26 Å². The number of hydrogen-bond donors (Lipinski definition) is 0. The zero-order chi connectivity index (χ0) is 20.9. The van der Waals surface area contributed by atoms with Gasteiger partial charge in [-0.05, 0) is 50.2 Å². The van der Waals surface area contributed by atoms with E-state index in [0.717, 1.165) is 26.2 Å². The average Bonchev–Trinajstić information content (AvgIpc) is 3.33. The van der Waals surface area contributed by atoms with Gasteiger partial charge in [0.2, 0.25) is 0 Å². The van der Waals surface area contributed by atoms with Gasteiger partial charge in [0.15, 0.2) is 5.76 Å². The molecule has 3 heterocycles. The summed E-state index contributed by atoms with van der Waals surface area (Å²) >= 11 is 0. The lowest BCUT2D eigenvalue weighted by atomic mass is 10.1. The number of amides is 1. The summed E-state index contributed by atoms with van der Waals surface area (Å²) in [5.41, 5.74) is 2.55. The predicted octanol–water partition coefficient (Wildman–Crippen LogP) is 3.84. The summed E-state index contributed by atoms with van der Waals surface area (Å²) < 4.78 is 5.36. The molecule has 1 fully saturated rings. The maximum absolute atomic E-state index is 13.1. The number of aromatic nitrogens is 1. The maximum Gasteiger partial charge on any atom is 0.295 e. The molecular formula is C24H28N4O2. The van der Waals surface area contributed by atoms with Crippen LogP contribution in [0.3, 0.4) is 0 Å². The second kappa shape index (κ2) is 9.13. The lowest BCUT2D eigenvalue weighted by Gasteiger charge is -2.40. The number of furan rings is 1. The summed E-state index contributed by atoms with van der Waals surface area (Å²) in [5, 5.41) is 0. The van der Waals surface area contributed by atoms with Crippen molar-refractivity contribution < 1.29 is 9.21 Å². The Balaban J connectivity index is 1.42. The molecule has 2 aromatic heterocycles. The second-order valence-electron chi connectivity index (χ2n) is 7.79. The van der Waals surface area contributed by atoms with Crippen molar-refractivity contribution in [2.75, 3.05) is 42.5 Å². The SMILES string of the molecule is Cc1ccc(N2CCN(C(C)CN(C(=O)c3ccco3)c3ccccn3)CC2)cc1. The van der Waals surface area contributed by atoms with Crippen LogP contribution in [0.25, 0.3) is 0 Å². The summed E-state index contributed by atoms with van der Waals surface area (Å²) in [5.74, 6) is 0.810. The first kappa shape index (κ1) is 20.2. The van der Waals surface area contributed by atoms with Crippen molar-refractivity contribution in [3.8, 4) is 0 Å². The van der Waals surface area contributed by atoms with Gasteiger partial charge in [-0.1, -0.05) is 23.8 Å². The molecule has 0 saturated carbocycles. The molecule has 6 heteroatoms. The molecule has 1 aliphatic rings. The van der Waals surface area contributed by atoms with Gasteiger partial charge in [-0.15, -0.1) is 0 Å². The number of anilines is 2. The average molecular weight is 405 g/mol. The van der Waals surface area contributed by atoms with Gasteiger partial charge in [-0.25, -0.2) is 4.98 Å². The Hall–Kier alpha value is -3.12. The topological polar surface area (TPSA) is 52.8 Å².